The van der Waals surface area contributed by atoms with Crippen LogP contribution < -0.4 is 0 Å². The van der Waals surface area contributed by atoms with Gasteiger partial charge in [-0.1, -0.05) is 13.3 Å². The molecular weight excluding hydrogens is 284 g/mol. The van der Waals surface area contributed by atoms with E-state index in [1.54, 1.807) is 9.80 Å². The highest BCUT2D eigenvalue weighted by Crippen LogP contribution is 2.49. The summed E-state index contributed by atoms with van der Waals surface area (Å²) in [4.78, 5) is 39.9. The van der Waals surface area contributed by atoms with E-state index in [4.69, 9.17) is 0 Å². The summed E-state index contributed by atoms with van der Waals surface area (Å²) >= 11 is 0. The van der Waals surface area contributed by atoms with Gasteiger partial charge in [0.05, 0.1) is 5.41 Å². The van der Waals surface area contributed by atoms with Gasteiger partial charge in [-0.25, -0.2) is 0 Å². The highest BCUT2D eigenvalue weighted by Gasteiger charge is 2.56. The maximum absolute atomic E-state index is 12.8. The van der Waals surface area contributed by atoms with Crippen molar-refractivity contribution < 1.29 is 19.5 Å². The van der Waals surface area contributed by atoms with Crippen LogP contribution in [0, 0.1) is 11.3 Å². The summed E-state index contributed by atoms with van der Waals surface area (Å²) in [6.07, 6.45) is 4.40. The topological polar surface area (TPSA) is 77.9 Å². The smallest absolute Gasteiger partial charge is 0.311 e. The van der Waals surface area contributed by atoms with Gasteiger partial charge in [-0.3, -0.25) is 14.4 Å². The quantitative estimate of drug-likeness (QED) is 0.843. The molecule has 6 nitrogen and oxygen atoms in total. The largest absolute Gasteiger partial charge is 0.481 e. The Balaban J connectivity index is 1.75. The van der Waals surface area contributed by atoms with Gasteiger partial charge in [0, 0.05) is 26.1 Å². The number of carbonyl (C=O) groups is 3. The van der Waals surface area contributed by atoms with Gasteiger partial charge >= 0.3 is 5.97 Å². The summed E-state index contributed by atoms with van der Waals surface area (Å²) in [6.45, 7) is 3.40. The number of likely N-dealkylation sites (tertiary alicyclic amines) is 2. The van der Waals surface area contributed by atoms with E-state index in [2.05, 4.69) is 0 Å². The van der Waals surface area contributed by atoms with Crippen LogP contribution in [-0.2, 0) is 14.4 Å². The molecule has 1 unspecified atom stereocenters. The van der Waals surface area contributed by atoms with Crippen molar-refractivity contribution in [3.63, 3.8) is 0 Å². The van der Waals surface area contributed by atoms with Crippen LogP contribution >= 0.6 is 0 Å². The molecule has 1 aliphatic carbocycles. The first-order chi connectivity index (χ1) is 10.5. The lowest BCUT2D eigenvalue weighted by molar-refractivity contribution is -0.150. The van der Waals surface area contributed by atoms with Crippen LogP contribution in [0.15, 0.2) is 0 Å². The summed E-state index contributed by atoms with van der Waals surface area (Å²) in [6, 6.07) is -0.417. The fraction of sp³-hybridized carbons (Fsp3) is 0.812. The summed E-state index contributed by atoms with van der Waals surface area (Å²) in [5.74, 6) is -0.711. The molecule has 0 aromatic rings. The zero-order valence-corrected chi connectivity index (χ0v) is 13.1. The maximum atomic E-state index is 12.8. The van der Waals surface area contributed by atoms with E-state index < -0.39 is 17.4 Å². The second-order valence-corrected chi connectivity index (χ2v) is 6.88. The Bertz CT molecular complexity index is 506. The number of nitrogens with zero attached hydrogens (tertiary/aromatic N) is 2. The van der Waals surface area contributed by atoms with Crippen LogP contribution in [0.25, 0.3) is 0 Å². The first-order valence-corrected chi connectivity index (χ1v) is 8.31. The van der Waals surface area contributed by atoms with Crippen LogP contribution in [0.4, 0.5) is 0 Å². The first-order valence-electron chi connectivity index (χ1n) is 8.31. The molecule has 0 aromatic carbocycles. The molecule has 3 fully saturated rings. The molecule has 6 heteroatoms. The Hall–Kier alpha value is -1.59. The van der Waals surface area contributed by atoms with Gasteiger partial charge in [0.2, 0.25) is 11.8 Å². The van der Waals surface area contributed by atoms with Gasteiger partial charge in [0.1, 0.15) is 6.04 Å². The fourth-order valence-corrected chi connectivity index (χ4v) is 4.54. The SMILES string of the molecule is CCC(C(=O)N1C[C@@H]2CCC[C@@]2(C(=O)O)C1)N1CCCC1=O. The number of hydrogen-bond acceptors (Lipinski definition) is 3. The number of carbonyl (C=O) groups excluding carboxylic acids is 2. The lowest BCUT2D eigenvalue weighted by Crippen LogP contribution is -2.49. The number of aliphatic carboxylic acids is 1. The molecule has 22 heavy (non-hydrogen) atoms. The first kappa shape index (κ1) is 15.3. The van der Waals surface area contributed by atoms with E-state index in [9.17, 15) is 19.5 Å². The molecule has 1 saturated carbocycles. The molecular formula is C16H24N2O4. The number of carboxylic acid groups (broad SMARTS) is 1. The normalized spacial score (nSPS) is 32.4. The van der Waals surface area contributed by atoms with Gasteiger partial charge < -0.3 is 14.9 Å². The Labute approximate surface area is 130 Å². The molecule has 1 N–H and O–H groups in total. The van der Waals surface area contributed by atoms with Crippen LogP contribution in [0.5, 0.6) is 0 Å². The van der Waals surface area contributed by atoms with E-state index in [0.29, 0.717) is 38.9 Å². The summed E-state index contributed by atoms with van der Waals surface area (Å²) < 4.78 is 0. The third kappa shape index (κ3) is 2.20. The minimum absolute atomic E-state index is 0.0486. The fourth-order valence-electron chi connectivity index (χ4n) is 4.54. The highest BCUT2D eigenvalue weighted by molar-refractivity contribution is 5.89. The van der Waals surface area contributed by atoms with Gasteiger partial charge in [-0.15, -0.1) is 0 Å². The molecule has 0 radical (unpaired) electrons. The maximum Gasteiger partial charge on any atom is 0.311 e. The van der Waals surface area contributed by atoms with Gasteiger partial charge in [-0.05, 0) is 31.6 Å². The zero-order chi connectivity index (χ0) is 15.9. The molecule has 2 aliphatic heterocycles. The number of rotatable bonds is 4. The molecule has 0 spiro atoms. The van der Waals surface area contributed by atoms with Crippen LogP contribution in [-0.4, -0.2) is 58.4 Å². The third-order valence-electron chi connectivity index (χ3n) is 5.77. The molecule has 122 valence electrons. The summed E-state index contributed by atoms with van der Waals surface area (Å²) in [5.41, 5.74) is -0.747. The number of fused-ring (bicyclic) bond motifs is 1. The molecule has 2 amide bonds. The second kappa shape index (κ2) is 5.56. The zero-order valence-electron chi connectivity index (χ0n) is 13.1. The number of amides is 2. The molecule has 2 saturated heterocycles. The predicted molar refractivity (Wildman–Crippen MR) is 79.0 cm³/mol. The van der Waals surface area contributed by atoms with Crippen molar-refractivity contribution in [2.75, 3.05) is 19.6 Å². The van der Waals surface area contributed by atoms with Crippen LogP contribution in [0.1, 0.15) is 45.4 Å². The van der Waals surface area contributed by atoms with Crippen molar-refractivity contribution in [2.45, 2.75) is 51.5 Å². The van der Waals surface area contributed by atoms with E-state index in [0.717, 1.165) is 19.3 Å². The van der Waals surface area contributed by atoms with Gasteiger partial charge in [0.25, 0.3) is 0 Å². The molecule has 0 aromatic heterocycles. The molecule has 2 heterocycles. The minimum atomic E-state index is -0.768. The predicted octanol–water partition coefficient (Wildman–Crippen LogP) is 1.10. The van der Waals surface area contributed by atoms with Crippen molar-refractivity contribution in [3.05, 3.63) is 0 Å². The summed E-state index contributed by atoms with van der Waals surface area (Å²) in [5, 5.41) is 9.62. The van der Waals surface area contributed by atoms with E-state index in [1.807, 2.05) is 6.92 Å². The summed E-state index contributed by atoms with van der Waals surface area (Å²) in [7, 11) is 0. The number of hydrogen-bond donors (Lipinski definition) is 1. The second-order valence-electron chi connectivity index (χ2n) is 6.88. The van der Waals surface area contributed by atoms with Crippen molar-refractivity contribution >= 4 is 17.8 Å². The van der Waals surface area contributed by atoms with Crippen molar-refractivity contribution in [1.82, 2.24) is 9.80 Å². The molecule has 3 rings (SSSR count). The number of carboxylic acids is 1. The van der Waals surface area contributed by atoms with Gasteiger partial charge in [0.15, 0.2) is 0 Å². The van der Waals surface area contributed by atoms with E-state index >= 15 is 0 Å². The Morgan fingerprint density at radius 3 is 2.73 bits per heavy atom. The molecule has 3 atom stereocenters. The van der Waals surface area contributed by atoms with E-state index in [1.165, 1.54) is 0 Å². The van der Waals surface area contributed by atoms with Crippen LogP contribution in [0.3, 0.4) is 0 Å². The van der Waals surface area contributed by atoms with Gasteiger partial charge in [-0.2, -0.15) is 0 Å². The Kier molecular flexibility index (Phi) is 3.87. The third-order valence-corrected chi connectivity index (χ3v) is 5.77. The minimum Gasteiger partial charge on any atom is -0.481 e. The standard InChI is InChI=1S/C16H24N2O4/c1-2-12(18-8-4-6-13(18)19)14(20)17-9-11-5-3-7-16(11,10-17)15(21)22/h11-12H,2-10H2,1H3,(H,21,22)/t11-,12?,16+/m0/s1. The lowest BCUT2D eigenvalue weighted by Gasteiger charge is -2.30. The average molecular weight is 308 g/mol. The highest BCUT2D eigenvalue weighted by atomic mass is 16.4. The van der Waals surface area contributed by atoms with Crippen molar-refractivity contribution in [2.24, 2.45) is 11.3 Å². The Morgan fingerprint density at radius 1 is 1.41 bits per heavy atom. The average Bonchev–Trinajstić information content (AvgIpc) is 3.13. The Morgan fingerprint density at radius 2 is 2.18 bits per heavy atom. The van der Waals surface area contributed by atoms with Crippen LogP contribution in [0.2, 0.25) is 0 Å². The van der Waals surface area contributed by atoms with Crippen molar-refractivity contribution in [3.8, 4) is 0 Å². The molecule has 0 bridgehead atoms. The monoisotopic (exact) mass is 308 g/mol. The molecule has 3 aliphatic rings. The van der Waals surface area contributed by atoms with E-state index in [-0.39, 0.29) is 17.7 Å². The van der Waals surface area contributed by atoms with Crippen molar-refractivity contribution in [1.29, 1.82) is 0 Å². The lowest BCUT2D eigenvalue weighted by atomic mass is 9.81.